The molecule has 1 unspecified atom stereocenters. The Bertz CT molecular complexity index is 480. The van der Waals surface area contributed by atoms with Crippen LogP contribution in [0.15, 0.2) is 24.3 Å². The van der Waals surface area contributed by atoms with Crippen LogP contribution in [0.25, 0.3) is 0 Å². The van der Waals surface area contributed by atoms with E-state index < -0.39 is 0 Å². The molecule has 0 aliphatic heterocycles. The number of benzene rings is 1. The zero-order valence-corrected chi connectivity index (χ0v) is 11.9. The lowest BCUT2D eigenvalue weighted by Crippen LogP contribution is -2.33. The highest BCUT2D eigenvalue weighted by Gasteiger charge is 2.29. The topological polar surface area (TPSA) is 70.2 Å². The highest BCUT2D eigenvalue weighted by Crippen LogP contribution is 2.30. The van der Waals surface area contributed by atoms with Crippen LogP contribution < -0.4 is 16.0 Å². The first-order valence-electron chi connectivity index (χ1n) is 6.95. The van der Waals surface area contributed by atoms with Gasteiger partial charge >= 0.3 is 0 Å². The maximum Gasteiger partial charge on any atom is 0.234 e. The molecule has 1 aromatic rings. The molecule has 1 aliphatic rings. The van der Waals surface area contributed by atoms with Crippen molar-refractivity contribution in [1.29, 1.82) is 0 Å². The summed E-state index contributed by atoms with van der Waals surface area (Å²) in [5, 5.41) is 8.60. The summed E-state index contributed by atoms with van der Waals surface area (Å²) in [6.07, 6.45) is 2.00. The van der Waals surface area contributed by atoms with Crippen LogP contribution in [-0.4, -0.2) is 25.4 Å². The number of carbonyl (C=O) groups excluding carboxylic acids is 2. The minimum absolute atomic E-state index is 0.0360. The Morgan fingerprint density at radius 2 is 1.90 bits per heavy atom. The van der Waals surface area contributed by atoms with Gasteiger partial charge in [-0.2, -0.15) is 0 Å². The molecule has 20 heavy (non-hydrogen) atoms. The third kappa shape index (κ3) is 4.06. The number of hydrogen-bond acceptors (Lipinski definition) is 3. The summed E-state index contributed by atoms with van der Waals surface area (Å²) in [5.41, 5.74) is 1.82. The fourth-order valence-electron chi connectivity index (χ4n) is 1.98. The first-order valence-corrected chi connectivity index (χ1v) is 6.95. The van der Waals surface area contributed by atoms with E-state index in [1.54, 1.807) is 7.05 Å². The average Bonchev–Trinajstić information content (AvgIpc) is 3.24. The van der Waals surface area contributed by atoms with Crippen molar-refractivity contribution in [3.8, 4) is 0 Å². The maximum absolute atomic E-state index is 11.6. The van der Waals surface area contributed by atoms with Crippen molar-refractivity contribution >= 4 is 17.5 Å². The third-order valence-corrected chi connectivity index (χ3v) is 3.34. The van der Waals surface area contributed by atoms with Crippen LogP contribution in [0.1, 0.15) is 31.4 Å². The van der Waals surface area contributed by atoms with E-state index in [1.807, 2.05) is 31.2 Å². The molecule has 1 fully saturated rings. The van der Waals surface area contributed by atoms with E-state index in [4.69, 9.17) is 0 Å². The Morgan fingerprint density at radius 1 is 1.25 bits per heavy atom. The molecule has 108 valence electrons. The molecule has 0 heterocycles. The van der Waals surface area contributed by atoms with Crippen molar-refractivity contribution in [3.63, 3.8) is 0 Å². The minimum atomic E-state index is -0.0518. The van der Waals surface area contributed by atoms with E-state index in [-0.39, 0.29) is 23.8 Å². The van der Waals surface area contributed by atoms with Gasteiger partial charge in [0.2, 0.25) is 11.8 Å². The predicted molar refractivity (Wildman–Crippen MR) is 78.3 cm³/mol. The van der Waals surface area contributed by atoms with Crippen LogP contribution >= 0.6 is 0 Å². The zero-order valence-electron chi connectivity index (χ0n) is 11.9. The number of amides is 2. The molecule has 0 radical (unpaired) electrons. The molecule has 1 aliphatic carbocycles. The normalized spacial score (nSPS) is 15.5. The maximum atomic E-state index is 11.6. The first-order chi connectivity index (χ1) is 9.60. The summed E-state index contributed by atoms with van der Waals surface area (Å²) < 4.78 is 0. The van der Waals surface area contributed by atoms with Crippen LogP contribution in [-0.2, 0) is 9.59 Å². The number of hydrogen-bond donors (Lipinski definition) is 3. The van der Waals surface area contributed by atoms with Crippen molar-refractivity contribution < 1.29 is 9.59 Å². The Labute approximate surface area is 119 Å². The number of anilines is 1. The van der Waals surface area contributed by atoms with E-state index >= 15 is 0 Å². The van der Waals surface area contributed by atoms with Gasteiger partial charge in [-0.25, -0.2) is 0 Å². The van der Waals surface area contributed by atoms with Gasteiger partial charge < -0.3 is 16.0 Å². The standard InChI is InChI=1S/C15H21N3O2/c1-10(17-14(19)9-16-2)11-5-7-13(8-6-11)18-15(20)12-3-4-12/h5-8,10,12,16H,3-4,9H2,1-2H3,(H,17,19)(H,18,20). The average molecular weight is 275 g/mol. The predicted octanol–water partition coefficient (Wildman–Crippen LogP) is 1.43. The summed E-state index contributed by atoms with van der Waals surface area (Å²) in [5.74, 6) is 0.272. The minimum Gasteiger partial charge on any atom is -0.348 e. The van der Waals surface area contributed by atoms with Gasteiger partial charge in [0.05, 0.1) is 12.6 Å². The Morgan fingerprint density at radius 3 is 2.45 bits per heavy atom. The molecule has 2 amide bonds. The second-order valence-electron chi connectivity index (χ2n) is 5.21. The smallest absolute Gasteiger partial charge is 0.234 e. The molecular formula is C15H21N3O2. The molecule has 0 bridgehead atoms. The van der Waals surface area contributed by atoms with E-state index in [9.17, 15) is 9.59 Å². The fraction of sp³-hybridized carbons (Fsp3) is 0.467. The van der Waals surface area contributed by atoms with Crippen LogP contribution in [0, 0.1) is 5.92 Å². The molecular weight excluding hydrogens is 254 g/mol. The molecule has 1 aromatic carbocycles. The van der Waals surface area contributed by atoms with Crippen molar-refractivity contribution in [1.82, 2.24) is 10.6 Å². The van der Waals surface area contributed by atoms with Crippen molar-refractivity contribution in [2.45, 2.75) is 25.8 Å². The molecule has 0 spiro atoms. The summed E-state index contributed by atoms with van der Waals surface area (Å²) in [7, 11) is 1.74. The quantitative estimate of drug-likeness (QED) is 0.735. The van der Waals surface area contributed by atoms with E-state index in [0.717, 1.165) is 24.1 Å². The van der Waals surface area contributed by atoms with E-state index in [0.29, 0.717) is 6.54 Å². The SMILES string of the molecule is CNCC(=O)NC(C)c1ccc(NC(=O)C2CC2)cc1. The molecule has 5 nitrogen and oxygen atoms in total. The number of likely N-dealkylation sites (N-methyl/N-ethyl adjacent to an activating group) is 1. The van der Waals surface area contributed by atoms with Crippen LogP contribution in [0.5, 0.6) is 0 Å². The molecule has 2 rings (SSSR count). The Kier molecular flexibility index (Phi) is 4.74. The lowest BCUT2D eigenvalue weighted by molar-refractivity contribution is -0.120. The highest BCUT2D eigenvalue weighted by atomic mass is 16.2. The van der Waals surface area contributed by atoms with Crippen molar-refractivity contribution in [2.24, 2.45) is 5.92 Å². The van der Waals surface area contributed by atoms with Gasteiger partial charge in [0.1, 0.15) is 0 Å². The van der Waals surface area contributed by atoms with Gasteiger partial charge in [0.15, 0.2) is 0 Å². The highest BCUT2D eigenvalue weighted by molar-refractivity contribution is 5.94. The molecule has 1 atom stereocenters. The second-order valence-corrected chi connectivity index (χ2v) is 5.21. The van der Waals surface area contributed by atoms with Crippen molar-refractivity contribution in [2.75, 3.05) is 18.9 Å². The molecule has 0 saturated heterocycles. The van der Waals surface area contributed by atoms with Gasteiger partial charge in [0.25, 0.3) is 0 Å². The van der Waals surface area contributed by atoms with Gasteiger partial charge in [-0.1, -0.05) is 12.1 Å². The first kappa shape index (κ1) is 14.5. The Balaban J connectivity index is 1.89. The molecule has 5 heteroatoms. The van der Waals surface area contributed by atoms with Gasteiger partial charge in [-0.15, -0.1) is 0 Å². The van der Waals surface area contributed by atoms with Crippen LogP contribution in [0.2, 0.25) is 0 Å². The van der Waals surface area contributed by atoms with E-state index in [2.05, 4.69) is 16.0 Å². The second kappa shape index (κ2) is 6.52. The summed E-state index contributed by atoms with van der Waals surface area (Å²) >= 11 is 0. The molecule has 3 N–H and O–H groups in total. The summed E-state index contributed by atoms with van der Waals surface area (Å²) in [4.78, 5) is 23.1. The van der Waals surface area contributed by atoms with Crippen molar-refractivity contribution in [3.05, 3.63) is 29.8 Å². The Hall–Kier alpha value is -1.88. The van der Waals surface area contributed by atoms with E-state index in [1.165, 1.54) is 0 Å². The lowest BCUT2D eigenvalue weighted by Gasteiger charge is -2.15. The third-order valence-electron chi connectivity index (χ3n) is 3.34. The molecule has 1 saturated carbocycles. The largest absolute Gasteiger partial charge is 0.348 e. The number of rotatable bonds is 6. The summed E-state index contributed by atoms with van der Waals surface area (Å²) in [6, 6.07) is 7.54. The number of nitrogens with one attached hydrogen (secondary N) is 3. The number of carbonyl (C=O) groups is 2. The van der Waals surface area contributed by atoms with Gasteiger partial charge in [-0.05, 0) is 44.5 Å². The van der Waals surface area contributed by atoms with Crippen LogP contribution in [0.3, 0.4) is 0 Å². The van der Waals surface area contributed by atoms with Crippen LogP contribution in [0.4, 0.5) is 5.69 Å². The fourth-order valence-corrected chi connectivity index (χ4v) is 1.98. The monoisotopic (exact) mass is 275 g/mol. The lowest BCUT2D eigenvalue weighted by atomic mass is 10.1. The summed E-state index contributed by atoms with van der Waals surface area (Å²) in [6.45, 7) is 2.24. The van der Waals surface area contributed by atoms with Gasteiger partial charge in [-0.3, -0.25) is 9.59 Å². The molecule has 0 aromatic heterocycles. The zero-order chi connectivity index (χ0) is 14.5. The van der Waals surface area contributed by atoms with Gasteiger partial charge in [0, 0.05) is 11.6 Å².